The summed E-state index contributed by atoms with van der Waals surface area (Å²) in [5, 5.41) is 11.1. The molecule has 3 aromatic carbocycles. The molecule has 1 amide bonds. The van der Waals surface area contributed by atoms with Crippen molar-refractivity contribution in [3.05, 3.63) is 110 Å². The third-order valence-corrected chi connectivity index (χ3v) is 7.41. The van der Waals surface area contributed by atoms with Gasteiger partial charge in [-0.3, -0.25) is 4.79 Å². The SMILES string of the molecule is CCOC(=O)C1=C(O)/C(=C/c2cc(Br)c(OCc3ccccc3)c(OCC)c2)SC1=NC(=O)c1ccccc1C. The summed E-state index contributed by atoms with van der Waals surface area (Å²) >= 11 is 4.60. The Kier molecular flexibility index (Phi) is 9.84. The number of aliphatic hydroxyl groups excluding tert-OH is 1. The van der Waals surface area contributed by atoms with Crippen LogP contribution in [0.1, 0.15) is 40.9 Å². The van der Waals surface area contributed by atoms with E-state index in [9.17, 15) is 14.7 Å². The van der Waals surface area contributed by atoms with Crippen molar-refractivity contribution in [2.75, 3.05) is 13.2 Å². The number of nitrogens with zero attached hydrogens (tertiary/aromatic N) is 1. The molecule has 0 aliphatic carbocycles. The highest BCUT2D eigenvalue weighted by molar-refractivity contribution is 9.10. The highest BCUT2D eigenvalue weighted by atomic mass is 79.9. The minimum atomic E-state index is -0.756. The number of carbonyl (C=O) groups excluding carboxylic acids is 2. The van der Waals surface area contributed by atoms with E-state index in [0.717, 1.165) is 22.9 Å². The fourth-order valence-electron chi connectivity index (χ4n) is 3.91. The maximum atomic E-state index is 13.0. The van der Waals surface area contributed by atoms with E-state index in [1.807, 2.05) is 49.4 Å². The van der Waals surface area contributed by atoms with Crippen LogP contribution in [0.2, 0.25) is 0 Å². The first-order chi connectivity index (χ1) is 19.3. The summed E-state index contributed by atoms with van der Waals surface area (Å²) in [6.07, 6.45) is 1.69. The Morgan fingerprint density at radius 2 is 1.73 bits per heavy atom. The van der Waals surface area contributed by atoms with E-state index in [1.165, 1.54) is 0 Å². The topological polar surface area (TPSA) is 94.4 Å². The number of halogens is 1. The molecule has 0 bridgehead atoms. The van der Waals surface area contributed by atoms with Crippen molar-refractivity contribution >= 4 is 50.7 Å². The van der Waals surface area contributed by atoms with Crippen molar-refractivity contribution in [2.45, 2.75) is 27.4 Å². The number of ether oxygens (including phenoxy) is 3. The van der Waals surface area contributed by atoms with Crippen LogP contribution in [0.3, 0.4) is 0 Å². The van der Waals surface area contributed by atoms with Gasteiger partial charge >= 0.3 is 5.97 Å². The minimum absolute atomic E-state index is 0.0716. The lowest BCUT2D eigenvalue weighted by molar-refractivity contribution is -0.138. The highest BCUT2D eigenvalue weighted by Gasteiger charge is 2.34. The fourth-order valence-corrected chi connectivity index (χ4v) is 5.50. The summed E-state index contributed by atoms with van der Waals surface area (Å²) < 4.78 is 17.7. The van der Waals surface area contributed by atoms with E-state index < -0.39 is 11.9 Å². The van der Waals surface area contributed by atoms with Crippen LogP contribution in [0.5, 0.6) is 11.5 Å². The van der Waals surface area contributed by atoms with Crippen LogP contribution in [0.15, 0.2) is 92.4 Å². The Balaban J connectivity index is 1.69. The fraction of sp³-hybridized carbons (Fsp3) is 0.194. The van der Waals surface area contributed by atoms with Crippen molar-refractivity contribution in [2.24, 2.45) is 4.99 Å². The lowest BCUT2D eigenvalue weighted by Gasteiger charge is -2.15. The number of rotatable bonds is 9. The van der Waals surface area contributed by atoms with Gasteiger partial charge in [-0.05, 0) is 77.7 Å². The number of amides is 1. The first kappa shape index (κ1) is 29.2. The molecular formula is C31H28BrNO6S. The van der Waals surface area contributed by atoms with Gasteiger partial charge in [-0.15, -0.1) is 0 Å². The smallest absolute Gasteiger partial charge is 0.344 e. The van der Waals surface area contributed by atoms with Crippen LogP contribution in [-0.4, -0.2) is 35.2 Å². The second-order valence-electron chi connectivity index (χ2n) is 8.63. The summed E-state index contributed by atoms with van der Waals surface area (Å²) in [6.45, 7) is 6.23. The van der Waals surface area contributed by atoms with Gasteiger partial charge in [0.15, 0.2) is 11.5 Å². The number of esters is 1. The van der Waals surface area contributed by atoms with Gasteiger partial charge in [0, 0.05) is 5.56 Å². The number of benzene rings is 3. The molecule has 0 radical (unpaired) electrons. The molecule has 1 N–H and O–H groups in total. The van der Waals surface area contributed by atoms with Gasteiger partial charge in [0.25, 0.3) is 5.91 Å². The van der Waals surface area contributed by atoms with Gasteiger partial charge in [-0.1, -0.05) is 60.3 Å². The van der Waals surface area contributed by atoms with Gasteiger partial charge in [-0.25, -0.2) is 9.79 Å². The molecule has 40 heavy (non-hydrogen) atoms. The van der Waals surface area contributed by atoms with Crippen molar-refractivity contribution in [3.8, 4) is 11.5 Å². The van der Waals surface area contributed by atoms with Crippen LogP contribution >= 0.6 is 27.7 Å². The van der Waals surface area contributed by atoms with Gasteiger partial charge < -0.3 is 19.3 Å². The Morgan fingerprint density at radius 3 is 2.42 bits per heavy atom. The molecule has 1 aliphatic rings. The zero-order valence-corrected chi connectivity index (χ0v) is 24.7. The van der Waals surface area contributed by atoms with E-state index >= 15 is 0 Å². The van der Waals surface area contributed by atoms with E-state index in [2.05, 4.69) is 20.9 Å². The minimum Gasteiger partial charge on any atom is -0.506 e. The van der Waals surface area contributed by atoms with Crippen LogP contribution in [0.4, 0.5) is 0 Å². The monoisotopic (exact) mass is 621 g/mol. The van der Waals surface area contributed by atoms with Crippen LogP contribution in [0, 0.1) is 6.92 Å². The molecule has 9 heteroatoms. The number of hydrogen-bond donors (Lipinski definition) is 1. The number of hydrogen-bond acceptors (Lipinski definition) is 7. The quantitative estimate of drug-likeness (QED) is 0.248. The molecule has 7 nitrogen and oxygen atoms in total. The van der Waals surface area contributed by atoms with Crippen LogP contribution < -0.4 is 9.47 Å². The van der Waals surface area contributed by atoms with Crippen LogP contribution in [0.25, 0.3) is 6.08 Å². The molecule has 0 unspecified atom stereocenters. The lowest BCUT2D eigenvalue weighted by Crippen LogP contribution is -2.14. The number of aryl methyl sites for hydroxylation is 1. The van der Waals surface area contributed by atoms with E-state index in [-0.39, 0.29) is 23.0 Å². The number of thioether (sulfide) groups is 1. The zero-order chi connectivity index (χ0) is 28.6. The van der Waals surface area contributed by atoms with Gasteiger partial charge in [0.05, 0.1) is 22.6 Å². The molecule has 0 fully saturated rings. The Morgan fingerprint density at radius 1 is 1.00 bits per heavy atom. The average molecular weight is 623 g/mol. The largest absolute Gasteiger partial charge is 0.506 e. The normalized spacial score (nSPS) is 15.0. The molecule has 206 valence electrons. The predicted molar refractivity (Wildman–Crippen MR) is 161 cm³/mol. The van der Waals surface area contributed by atoms with Crippen molar-refractivity contribution in [1.82, 2.24) is 0 Å². The Hall–Kier alpha value is -3.82. The molecule has 0 aromatic heterocycles. The molecule has 0 atom stereocenters. The van der Waals surface area contributed by atoms with Gasteiger partial charge in [0.2, 0.25) is 0 Å². The van der Waals surface area contributed by atoms with E-state index in [1.54, 1.807) is 44.2 Å². The Labute approximate surface area is 245 Å². The molecule has 4 rings (SSSR count). The summed E-state index contributed by atoms with van der Waals surface area (Å²) in [4.78, 5) is 30.3. The van der Waals surface area contributed by atoms with Crippen LogP contribution in [-0.2, 0) is 16.1 Å². The number of aliphatic hydroxyl groups is 1. The molecule has 1 aliphatic heterocycles. The van der Waals surface area contributed by atoms with Gasteiger partial charge in [-0.2, -0.15) is 0 Å². The lowest BCUT2D eigenvalue weighted by atomic mass is 10.1. The molecular weight excluding hydrogens is 594 g/mol. The molecule has 3 aromatic rings. The Bertz CT molecular complexity index is 1510. The maximum Gasteiger partial charge on any atom is 0.344 e. The van der Waals surface area contributed by atoms with E-state index in [0.29, 0.717) is 45.2 Å². The number of aliphatic imine (C=N–C) groups is 1. The third kappa shape index (κ3) is 6.84. The van der Waals surface area contributed by atoms with E-state index in [4.69, 9.17) is 14.2 Å². The summed E-state index contributed by atoms with van der Waals surface area (Å²) in [6, 6.07) is 20.4. The highest BCUT2D eigenvalue weighted by Crippen LogP contribution is 2.42. The van der Waals surface area contributed by atoms with Crippen molar-refractivity contribution in [1.29, 1.82) is 0 Å². The summed E-state index contributed by atoms with van der Waals surface area (Å²) in [5.74, 6) is -0.519. The first-order valence-corrected chi connectivity index (χ1v) is 14.3. The molecule has 0 saturated heterocycles. The van der Waals surface area contributed by atoms with Gasteiger partial charge in [0.1, 0.15) is 23.0 Å². The molecule has 1 heterocycles. The summed E-state index contributed by atoms with van der Waals surface area (Å²) in [7, 11) is 0. The van der Waals surface area contributed by atoms with Crippen molar-refractivity contribution in [3.63, 3.8) is 0 Å². The van der Waals surface area contributed by atoms with Crippen molar-refractivity contribution < 1.29 is 28.9 Å². The number of carbonyl (C=O) groups is 2. The zero-order valence-electron chi connectivity index (χ0n) is 22.3. The standard InChI is InChI=1S/C31H28BrNO6S/c1-4-37-24-16-21(15-23(32)28(24)39-18-20-12-7-6-8-13-20)17-25-27(34)26(31(36)38-5-2)30(40-25)33-29(35)22-14-10-9-11-19(22)3/h6-17,34H,4-5,18H2,1-3H3/b25-17-,33-30?. The molecule has 0 saturated carbocycles. The maximum absolute atomic E-state index is 13.0. The second kappa shape index (κ2) is 13.5. The third-order valence-electron chi connectivity index (χ3n) is 5.80. The predicted octanol–water partition coefficient (Wildman–Crippen LogP) is 7.44. The first-order valence-electron chi connectivity index (χ1n) is 12.6. The second-order valence-corrected chi connectivity index (χ2v) is 10.5. The molecule has 0 spiro atoms. The average Bonchev–Trinajstić information content (AvgIpc) is 3.23. The summed E-state index contributed by atoms with van der Waals surface area (Å²) in [5.41, 5.74) is 2.70.